The molecule has 1 heterocycles. The zero-order chi connectivity index (χ0) is 23.7. The van der Waals surface area contributed by atoms with Gasteiger partial charge in [0.25, 0.3) is 0 Å². The number of piperidine rings is 1. The summed E-state index contributed by atoms with van der Waals surface area (Å²) in [4.78, 5) is 27.5. The van der Waals surface area contributed by atoms with E-state index in [-0.39, 0.29) is 11.9 Å². The van der Waals surface area contributed by atoms with Gasteiger partial charge in [0.05, 0.1) is 26.2 Å². The van der Waals surface area contributed by atoms with Crippen LogP contribution in [0.2, 0.25) is 0 Å². The average molecular weight is 452 g/mol. The lowest BCUT2D eigenvalue weighted by molar-refractivity contribution is -0.160. The van der Waals surface area contributed by atoms with E-state index < -0.39 is 5.41 Å². The van der Waals surface area contributed by atoms with Gasteiger partial charge in [-0.2, -0.15) is 0 Å². The molecule has 2 aromatic carbocycles. The molecular weight excluding hydrogens is 418 g/mol. The summed E-state index contributed by atoms with van der Waals surface area (Å²) in [5, 5.41) is 0. The minimum absolute atomic E-state index is 0.0645. The zero-order valence-electron chi connectivity index (χ0n) is 19.7. The number of methoxy groups -OCH3 is 2. The first-order valence-corrected chi connectivity index (χ1v) is 11.4. The van der Waals surface area contributed by atoms with Gasteiger partial charge in [0, 0.05) is 19.2 Å². The molecule has 33 heavy (non-hydrogen) atoms. The Hall–Kier alpha value is -3.28. The third kappa shape index (κ3) is 6.15. The molecule has 0 bridgehead atoms. The van der Waals surface area contributed by atoms with Gasteiger partial charge in [-0.3, -0.25) is 9.59 Å². The smallest absolute Gasteiger partial charge is 0.312 e. The van der Waals surface area contributed by atoms with Crippen molar-refractivity contribution in [3.63, 3.8) is 0 Å². The van der Waals surface area contributed by atoms with Gasteiger partial charge in [-0.25, -0.2) is 0 Å². The van der Waals surface area contributed by atoms with Crippen molar-refractivity contribution in [2.24, 2.45) is 5.41 Å². The number of rotatable bonds is 9. The number of aryl methyl sites for hydroxylation is 1. The summed E-state index contributed by atoms with van der Waals surface area (Å²) in [7, 11) is 3.17. The molecule has 0 aromatic heterocycles. The van der Waals surface area contributed by atoms with Gasteiger partial charge in [0.2, 0.25) is 5.91 Å². The van der Waals surface area contributed by atoms with E-state index in [1.807, 2.05) is 43.3 Å². The lowest BCUT2D eigenvalue weighted by atomic mass is 9.74. The van der Waals surface area contributed by atoms with Crippen LogP contribution >= 0.6 is 0 Å². The Balaban J connectivity index is 1.64. The van der Waals surface area contributed by atoms with Gasteiger partial charge in [-0.1, -0.05) is 36.4 Å². The second-order valence-electron chi connectivity index (χ2n) is 8.26. The molecule has 0 spiro atoms. The Labute approximate surface area is 196 Å². The first-order chi connectivity index (χ1) is 16.0. The van der Waals surface area contributed by atoms with Crippen molar-refractivity contribution in [1.82, 2.24) is 4.90 Å². The fourth-order valence-corrected chi connectivity index (χ4v) is 4.25. The molecule has 0 atom stereocenters. The number of ether oxygens (including phenoxy) is 3. The minimum Gasteiger partial charge on any atom is -0.493 e. The Morgan fingerprint density at radius 3 is 2.33 bits per heavy atom. The van der Waals surface area contributed by atoms with E-state index >= 15 is 0 Å². The third-order valence-electron chi connectivity index (χ3n) is 6.30. The highest BCUT2D eigenvalue weighted by Gasteiger charge is 2.42. The van der Waals surface area contributed by atoms with Crippen LogP contribution in [0.4, 0.5) is 0 Å². The van der Waals surface area contributed by atoms with Gasteiger partial charge in [0.1, 0.15) is 0 Å². The van der Waals surface area contributed by atoms with Crippen LogP contribution in [0, 0.1) is 5.41 Å². The van der Waals surface area contributed by atoms with Crippen LogP contribution in [0.5, 0.6) is 11.5 Å². The fourth-order valence-electron chi connectivity index (χ4n) is 4.25. The summed E-state index contributed by atoms with van der Waals surface area (Å²) in [6.07, 6.45) is 6.09. The van der Waals surface area contributed by atoms with Gasteiger partial charge >= 0.3 is 5.97 Å². The second-order valence-corrected chi connectivity index (χ2v) is 8.26. The number of hydrogen-bond acceptors (Lipinski definition) is 5. The normalized spacial score (nSPS) is 15.3. The molecule has 0 saturated carbocycles. The van der Waals surface area contributed by atoms with E-state index in [0.29, 0.717) is 44.0 Å². The van der Waals surface area contributed by atoms with Crippen LogP contribution in [0.1, 0.15) is 37.3 Å². The molecule has 0 radical (unpaired) electrons. The van der Waals surface area contributed by atoms with Crippen LogP contribution in [0.15, 0.2) is 54.6 Å². The van der Waals surface area contributed by atoms with Crippen molar-refractivity contribution in [1.29, 1.82) is 0 Å². The average Bonchev–Trinajstić information content (AvgIpc) is 2.86. The van der Waals surface area contributed by atoms with Gasteiger partial charge in [-0.15, -0.1) is 0 Å². The number of carbonyl (C=O) groups excluding carboxylic acids is 2. The monoisotopic (exact) mass is 451 g/mol. The maximum Gasteiger partial charge on any atom is 0.312 e. The van der Waals surface area contributed by atoms with E-state index in [1.165, 1.54) is 5.56 Å². The summed E-state index contributed by atoms with van der Waals surface area (Å²) in [6.45, 7) is 3.26. The van der Waals surface area contributed by atoms with E-state index in [2.05, 4.69) is 12.1 Å². The van der Waals surface area contributed by atoms with E-state index in [4.69, 9.17) is 14.2 Å². The molecule has 1 aliphatic rings. The third-order valence-corrected chi connectivity index (χ3v) is 6.30. The summed E-state index contributed by atoms with van der Waals surface area (Å²) >= 11 is 0. The van der Waals surface area contributed by atoms with E-state index in [1.54, 1.807) is 31.3 Å². The Morgan fingerprint density at radius 1 is 1.00 bits per heavy atom. The highest BCUT2D eigenvalue weighted by molar-refractivity contribution is 5.92. The molecule has 3 rings (SSSR count). The first kappa shape index (κ1) is 24.4. The van der Waals surface area contributed by atoms with Crippen molar-refractivity contribution in [2.45, 2.75) is 32.6 Å². The number of nitrogens with zero attached hydrogens (tertiary/aromatic N) is 1. The van der Waals surface area contributed by atoms with Crippen LogP contribution in [0.3, 0.4) is 0 Å². The molecule has 1 saturated heterocycles. The standard InChI is InChI=1S/C27H33NO5/c1-4-33-26(30)27(15-14-21-8-6-5-7-9-21)16-18-28(19-17-27)25(29)13-11-22-10-12-23(31-2)24(20-22)32-3/h5-13,20H,4,14-19H2,1-3H3/b13-11+. The molecule has 1 fully saturated rings. The van der Waals surface area contributed by atoms with Crippen molar-refractivity contribution in [2.75, 3.05) is 33.9 Å². The number of hydrogen-bond donors (Lipinski definition) is 0. The van der Waals surface area contributed by atoms with E-state index in [9.17, 15) is 9.59 Å². The molecule has 1 amide bonds. The summed E-state index contributed by atoms with van der Waals surface area (Å²) < 4.78 is 16.0. The van der Waals surface area contributed by atoms with Crippen molar-refractivity contribution < 1.29 is 23.8 Å². The maximum absolute atomic E-state index is 12.9. The lowest BCUT2D eigenvalue weighted by Crippen LogP contribution is -2.47. The number of carbonyl (C=O) groups is 2. The van der Waals surface area contributed by atoms with Crippen LogP contribution in [-0.4, -0.2) is 50.7 Å². The summed E-state index contributed by atoms with van der Waals surface area (Å²) in [5.41, 5.74) is 1.51. The molecule has 176 valence electrons. The number of esters is 1. The number of amides is 1. The minimum atomic E-state index is -0.546. The largest absolute Gasteiger partial charge is 0.493 e. The molecule has 1 aliphatic heterocycles. The molecule has 0 unspecified atom stereocenters. The molecule has 0 aliphatic carbocycles. The summed E-state index contributed by atoms with van der Waals surface area (Å²) in [5.74, 6) is 1.05. The van der Waals surface area contributed by atoms with Crippen LogP contribution in [-0.2, 0) is 20.7 Å². The Kier molecular flexibility index (Phi) is 8.52. The van der Waals surface area contributed by atoms with Gasteiger partial charge in [-0.05, 0) is 61.9 Å². The molecule has 6 heteroatoms. The predicted octanol–water partition coefficient (Wildman–Crippen LogP) is 4.52. The summed E-state index contributed by atoms with van der Waals surface area (Å²) in [6, 6.07) is 15.7. The topological polar surface area (TPSA) is 65.1 Å². The van der Waals surface area contributed by atoms with Crippen LogP contribution < -0.4 is 9.47 Å². The maximum atomic E-state index is 12.9. The molecule has 0 N–H and O–H groups in total. The zero-order valence-corrected chi connectivity index (χ0v) is 19.7. The van der Waals surface area contributed by atoms with Crippen molar-refractivity contribution in [3.8, 4) is 11.5 Å². The SMILES string of the molecule is CCOC(=O)C1(CCc2ccccc2)CCN(C(=O)/C=C/c2ccc(OC)c(OC)c2)CC1. The second kappa shape index (κ2) is 11.5. The van der Waals surface area contributed by atoms with Crippen LogP contribution in [0.25, 0.3) is 6.08 Å². The Morgan fingerprint density at radius 2 is 1.70 bits per heavy atom. The molecular formula is C27H33NO5. The van der Waals surface area contributed by atoms with Gasteiger partial charge < -0.3 is 19.1 Å². The number of benzene rings is 2. The fraction of sp³-hybridized carbons (Fsp3) is 0.407. The highest BCUT2D eigenvalue weighted by Crippen LogP contribution is 2.38. The quantitative estimate of drug-likeness (QED) is 0.414. The van der Waals surface area contributed by atoms with Gasteiger partial charge in [0.15, 0.2) is 11.5 Å². The highest BCUT2D eigenvalue weighted by atomic mass is 16.5. The lowest BCUT2D eigenvalue weighted by Gasteiger charge is -2.39. The van der Waals surface area contributed by atoms with Crippen molar-refractivity contribution >= 4 is 18.0 Å². The van der Waals surface area contributed by atoms with E-state index in [0.717, 1.165) is 18.4 Å². The molecule has 6 nitrogen and oxygen atoms in total. The predicted molar refractivity (Wildman–Crippen MR) is 128 cm³/mol. The first-order valence-electron chi connectivity index (χ1n) is 11.4. The van der Waals surface area contributed by atoms with Crippen molar-refractivity contribution in [3.05, 3.63) is 65.7 Å². The number of likely N-dealkylation sites (tertiary alicyclic amines) is 1. The molecule has 2 aromatic rings. The Bertz CT molecular complexity index is 962.